The Labute approximate surface area is 131 Å². The summed E-state index contributed by atoms with van der Waals surface area (Å²) in [5, 5.41) is 1.01. The number of anilines is 1. The molecule has 0 aliphatic heterocycles. The number of halogens is 1. The maximum Gasteiger partial charge on any atom is 0.219 e. The Morgan fingerprint density at radius 3 is 2.43 bits per heavy atom. The fraction of sp³-hybridized carbons (Fsp3) is 0.118. The zero-order chi connectivity index (χ0) is 15.0. The first kappa shape index (κ1) is 13.9. The molecule has 0 amide bonds. The van der Waals surface area contributed by atoms with Gasteiger partial charge in [0.2, 0.25) is 5.88 Å². The minimum atomic E-state index is 0.577. The number of nitrogens with two attached hydrogens (primary N) is 1. The van der Waals surface area contributed by atoms with E-state index in [4.69, 9.17) is 10.5 Å². The van der Waals surface area contributed by atoms with Crippen LogP contribution in [0.25, 0.3) is 10.9 Å². The lowest BCUT2D eigenvalue weighted by molar-refractivity contribution is 0.464. The number of pyridine rings is 1. The highest BCUT2D eigenvalue weighted by Gasteiger charge is 2.06. The normalized spacial score (nSPS) is 10.8. The smallest absolute Gasteiger partial charge is 0.219 e. The molecular formula is C17H15BrN2O. The first-order chi connectivity index (χ1) is 10.0. The molecule has 1 heterocycles. The molecule has 3 nitrogen and oxygen atoms in total. The summed E-state index contributed by atoms with van der Waals surface area (Å²) in [6.45, 7) is 4.08. The topological polar surface area (TPSA) is 48.1 Å². The average Bonchev–Trinajstić information content (AvgIpc) is 2.45. The lowest BCUT2D eigenvalue weighted by Crippen LogP contribution is -1.92. The van der Waals surface area contributed by atoms with Gasteiger partial charge in [-0.1, -0.05) is 15.9 Å². The third kappa shape index (κ3) is 2.85. The number of rotatable bonds is 2. The van der Waals surface area contributed by atoms with Crippen molar-refractivity contribution in [2.45, 2.75) is 13.8 Å². The molecule has 106 valence electrons. The summed E-state index contributed by atoms with van der Waals surface area (Å²) in [5.74, 6) is 1.36. The summed E-state index contributed by atoms with van der Waals surface area (Å²) in [5.41, 5.74) is 9.65. The van der Waals surface area contributed by atoms with Crippen molar-refractivity contribution in [1.29, 1.82) is 0 Å². The highest BCUT2D eigenvalue weighted by atomic mass is 79.9. The van der Waals surface area contributed by atoms with Gasteiger partial charge in [-0.3, -0.25) is 0 Å². The number of nitrogen functional groups attached to an aromatic ring is 1. The predicted molar refractivity (Wildman–Crippen MR) is 89.8 cm³/mol. The fourth-order valence-electron chi connectivity index (χ4n) is 2.27. The van der Waals surface area contributed by atoms with Crippen molar-refractivity contribution in [2.75, 3.05) is 5.73 Å². The van der Waals surface area contributed by atoms with Gasteiger partial charge in [-0.2, -0.15) is 0 Å². The summed E-state index contributed by atoms with van der Waals surface area (Å²) >= 11 is 3.55. The van der Waals surface area contributed by atoms with Crippen LogP contribution >= 0.6 is 15.9 Å². The maximum absolute atomic E-state index is 5.87. The molecule has 0 saturated heterocycles. The van der Waals surface area contributed by atoms with Gasteiger partial charge in [0.25, 0.3) is 0 Å². The Kier molecular flexibility index (Phi) is 3.55. The third-order valence-corrected chi connectivity index (χ3v) is 4.57. The van der Waals surface area contributed by atoms with Gasteiger partial charge in [-0.05, 0) is 61.4 Å². The molecule has 0 unspecified atom stereocenters. The van der Waals surface area contributed by atoms with E-state index in [0.717, 1.165) is 37.9 Å². The summed E-state index contributed by atoms with van der Waals surface area (Å²) in [6.07, 6.45) is 0. The highest BCUT2D eigenvalue weighted by Crippen LogP contribution is 2.29. The molecule has 2 aromatic carbocycles. The van der Waals surface area contributed by atoms with Gasteiger partial charge in [0, 0.05) is 21.6 Å². The van der Waals surface area contributed by atoms with E-state index in [1.807, 2.05) is 56.3 Å². The van der Waals surface area contributed by atoms with Crippen LogP contribution in [0.4, 0.5) is 5.69 Å². The van der Waals surface area contributed by atoms with Crippen LogP contribution in [-0.2, 0) is 0 Å². The molecule has 3 rings (SSSR count). The molecule has 0 radical (unpaired) electrons. The van der Waals surface area contributed by atoms with Gasteiger partial charge in [0.1, 0.15) is 5.75 Å². The predicted octanol–water partition coefficient (Wildman–Crippen LogP) is 4.99. The highest BCUT2D eigenvalue weighted by molar-refractivity contribution is 9.10. The number of aryl methyl sites for hydroxylation is 2. The van der Waals surface area contributed by atoms with E-state index in [-0.39, 0.29) is 0 Å². The van der Waals surface area contributed by atoms with Crippen LogP contribution in [0.15, 0.2) is 46.9 Å². The van der Waals surface area contributed by atoms with Gasteiger partial charge in [-0.15, -0.1) is 0 Å². The van der Waals surface area contributed by atoms with E-state index in [9.17, 15) is 0 Å². The van der Waals surface area contributed by atoms with Gasteiger partial charge >= 0.3 is 0 Å². The number of hydrogen-bond acceptors (Lipinski definition) is 3. The van der Waals surface area contributed by atoms with Crippen LogP contribution in [0.3, 0.4) is 0 Å². The first-order valence-electron chi connectivity index (χ1n) is 6.64. The second kappa shape index (κ2) is 5.37. The van der Waals surface area contributed by atoms with Crippen LogP contribution in [-0.4, -0.2) is 4.98 Å². The maximum atomic E-state index is 5.87. The Morgan fingerprint density at radius 1 is 1.00 bits per heavy atom. The van der Waals surface area contributed by atoms with Crippen molar-refractivity contribution in [2.24, 2.45) is 0 Å². The Hall–Kier alpha value is -2.07. The molecule has 0 aliphatic rings. The van der Waals surface area contributed by atoms with E-state index >= 15 is 0 Å². The number of aromatic nitrogens is 1. The van der Waals surface area contributed by atoms with E-state index in [1.165, 1.54) is 0 Å². The molecule has 2 N–H and O–H groups in total. The van der Waals surface area contributed by atoms with E-state index in [0.29, 0.717) is 5.88 Å². The molecular weight excluding hydrogens is 328 g/mol. The average molecular weight is 343 g/mol. The van der Waals surface area contributed by atoms with Gasteiger partial charge in [0.05, 0.1) is 5.52 Å². The van der Waals surface area contributed by atoms with E-state index < -0.39 is 0 Å². The zero-order valence-corrected chi connectivity index (χ0v) is 13.4. The number of ether oxygens (including phenoxy) is 1. The largest absolute Gasteiger partial charge is 0.439 e. The quantitative estimate of drug-likeness (QED) is 0.667. The van der Waals surface area contributed by atoms with Gasteiger partial charge < -0.3 is 10.5 Å². The van der Waals surface area contributed by atoms with Crippen LogP contribution in [0.1, 0.15) is 11.1 Å². The Balaban J connectivity index is 1.96. The lowest BCUT2D eigenvalue weighted by Gasteiger charge is -2.10. The summed E-state index contributed by atoms with van der Waals surface area (Å²) in [7, 11) is 0. The number of nitrogens with zero attached hydrogens (tertiary/aromatic N) is 1. The van der Waals surface area contributed by atoms with Crippen LogP contribution in [0.5, 0.6) is 11.6 Å². The van der Waals surface area contributed by atoms with Crippen molar-refractivity contribution in [3.8, 4) is 11.6 Å². The van der Waals surface area contributed by atoms with Crippen molar-refractivity contribution >= 4 is 32.5 Å². The standard InChI is InChI=1S/C17H15BrN2O/c1-10-7-14(8-11(2)17(10)18)21-16-6-3-12-9-13(19)4-5-15(12)20-16/h3-9H,19H2,1-2H3. The first-order valence-corrected chi connectivity index (χ1v) is 7.43. The Bertz CT molecular complexity index is 807. The van der Waals surface area contributed by atoms with Crippen LogP contribution < -0.4 is 10.5 Å². The summed E-state index contributed by atoms with van der Waals surface area (Å²) in [6, 6.07) is 13.4. The summed E-state index contributed by atoms with van der Waals surface area (Å²) in [4.78, 5) is 4.50. The van der Waals surface area contributed by atoms with Crippen LogP contribution in [0, 0.1) is 13.8 Å². The SMILES string of the molecule is Cc1cc(Oc2ccc3cc(N)ccc3n2)cc(C)c1Br. The monoisotopic (exact) mass is 342 g/mol. The number of benzene rings is 2. The molecule has 21 heavy (non-hydrogen) atoms. The van der Waals surface area contributed by atoms with E-state index in [1.54, 1.807) is 0 Å². The van der Waals surface area contributed by atoms with Gasteiger partial charge in [-0.25, -0.2) is 4.98 Å². The second-order valence-electron chi connectivity index (χ2n) is 5.07. The third-order valence-electron chi connectivity index (χ3n) is 3.32. The van der Waals surface area contributed by atoms with Crippen LogP contribution in [0.2, 0.25) is 0 Å². The number of hydrogen-bond donors (Lipinski definition) is 1. The molecule has 0 spiro atoms. The molecule has 0 saturated carbocycles. The fourth-order valence-corrected chi connectivity index (χ4v) is 2.50. The lowest BCUT2D eigenvalue weighted by atomic mass is 10.1. The minimum Gasteiger partial charge on any atom is -0.439 e. The van der Waals surface area contributed by atoms with Crippen molar-refractivity contribution in [3.63, 3.8) is 0 Å². The molecule has 0 bridgehead atoms. The second-order valence-corrected chi connectivity index (χ2v) is 5.87. The van der Waals surface area contributed by atoms with Crippen molar-refractivity contribution in [3.05, 3.63) is 58.1 Å². The molecule has 0 aliphatic carbocycles. The van der Waals surface area contributed by atoms with Crippen molar-refractivity contribution in [1.82, 2.24) is 4.98 Å². The van der Waals surface area contributed by atoms with E-state index in [2.05, 4.69) is 20.9 Å². The zero-order valence-electron chi connectivity index (χ0n) is 11.9. The number of fused-ring (bicyclic) bond motifs is 1. The molecule has 4 heteroatoms. The van der Waals surface area contributed by atoms with Crippen molar-refractivity contribution < 1.29 is 4.74 Å². The molecule has 0 fully saturated rings. The minimum absolute atomic E-state index is 0.577. The van der Waals surface area contributed by atoms with Gasteiger partial charge in [0.15, 0.2) is 0 Å². The summed E-state index contributed by atoms with van der Waals surface area (Å²) < 4.78 is 6.98. The molecule has 0 atom stereocenters. The molecule has 3 aromatic rings. The molecule has 1 aromatic heterocycles. The Morgan fingerprint density at radius 2 is 1.71 bits per heavy atom.